The molecule has 0 spiro atoms. The van der Waals surface area contributed by atoms with Crippen LogP contribution in [0.2, 0.25) is 0 Å². The monoisotopic (exact) mass is 370 g/mol. The molecule has 0 radical (unpaired) electrons. The molecule has 0 aliphatic heterocycles. The summed E-state index contributed by atoms with van der Waals surface area (Å²) in [6.07, 6.45) is 0. The Kier molecular flexibility index (Phi) is 4.24. The Morgan fingerprint density at radius 3 is 2.88 bits per heavy atom. The summed E-state index contributed by atoms with van der Waals surface area (Å²) < 4.78 is 6.82. The molecule has 7 nitrogen and oxygen atoms in total. The van der Waals surface area contributed by atoms with Gasteiger partial charge in [-0.3, -0.25) is 0 Å². The van der Waals surface area contributed by atoms with Crippen molar-refractivity contribution in [1.29, 1.82) is 0 Å². The zero-order valence-electron chi connectivity index (χ0n) is 13.3. The second-order valence-corrected chi connectivity index (χ2v) is 7.16. The molecule has 0 atom stereocenters. The number of thiophene rings is 1. The van der Waals surface area contributed by atoms with E-state index in [1.807, 2.05) is 48.7 Å². The molecule has 0 aliphatic rings. The first-order chi connectivity index (χ1) is 12.2. The van der Waals surface area contributed by atoms with E-state index in [9.17, 15) is 0 Å². The molecule has 0 saturated carbocycles. The van der Waals surface area contributed by atoms with Gasteiger partial charge in [0.2, 0.25) is 16.9 Å². The number of nitrogens with zero attached hydrogens (tertiary/aromatic N) is 5. The first kappa shape index (κ1) is 15.9. The van der Waals surface area contributed by atoms with Crippen LogP contribution in [0.1, 0.15) is 11.5 Å². The van der Waals surface area contributed by atoms with Crippen molar-refractivity contribution >= 4 is 23.1 Å². The quantitative estimate of drug-likeness (QED) is 0.425. The number of nitrogens with two attached hydrogens (primary N) is 1. The zero-order valence-corrected chi connectivity index (χ0v) is 14.9. The fourth-order valence-corrected chi connectivity index (χ4v) is 3.72. The minimum Gasteiger partial charge on any atom is -0.338 e. The van der Waals surface area contributed by atoms with Crippen LogP contribution in [0.25, 0.3) is 22.1 Å². The van der Waals surface area contributed by atoms with Crippen LogP contribution in [0.15, 0.2) is 51.5 Å². The van der Waals surface area contributed by atoms with Gasteiger partial charge in [0.25, 0.3) is 0 Å². The summed E-state index contributed by atoms with van der Waals surface area (Å²) in [6.45, 7) is 2.02. The molecule has 2 N–H and O–H groups in total. The average molecular weight is 370 g/mol. The minimum absolute atomic E-state index is 0.471. The Morgan fingerprint density at radius 2 is 2.08 bits per heavy atom. The van der Waals surface area contributed by atoms with Gasteiger partial charge in [0, 0.05) is 5.56 Å². The van der Waals surface area contributed by atoms with Gasteiger partial charge in [-0.15, -0.1) is 21.5 Å². The lowest BCUT2D eigenvalue weighted by atomic mass is 10.1. The molecule has 3 heterocycles. The van der Waals surface area contributed by atoms with Crippen LogP contribution in [0.3, 0.4) is 0 Å². The summed E-state index contributed by atoms with van der Waals surface area (Å²) in [4.78, 5) is 5.42. The molecule has 126 valence electrons. The number of nitrogen functional groups attached to an aromatic ring is 1. The van der Waals surface area contributed by atoms with Gasteiger partial charge in [0.1, 0.15) is 0 Å². The Balaban J connectivity index is 1.49. The standard InChI is InChI=1S/C16H14N6OS2/c1-10-5-2-3-6-11(10)14-18-13(23-21-14)9-25-16-20-19-15(22(16)17)12-7-4-8-24-12/h2-8H,9,17H2,1H3. The molecule has 9 heteroatoms. The predicted molar refractivity (Wildman–Crippen MR) is 97.5 cm³/mol. The molecule has 4 aromatic rings. The number of benzene rings is 1. The molecule has 4 rings (SSSR count). The summed E-state index contributed by atoms with van der Waals surface area (Å²) in [5.74, 6) is 8.30. The fourth-order valence-electron chi connectivity index (χ4n) is 2.32. The maximum Gasteiger partial charge on any atom is 0.237 e. The zero-order chi connectivity index (χ0) is 17.2. The molecule has 0 bridgehead atoms. The Bertz CT molecular complexity index is 992. The van der Waals surface area contributed by atoms with Crippen molar-refractivity contribution in [1.82, 2.24) is 25.0 Å². The summed E-state index contributed by atoms with van der Waals surface area (Å²) in [5, 5.41) is 14.9. The normalized spacial score (nSPS) is 11.1. The van der Waals surface area contributed by atoms with Crippen LogP contribution < -0.4 is 5.84 Å². The molecule has 3 aromatic heterocycles. The summed E-state index contributed by atoms with van der Waals surface area (Å²) in [6, 6.07) is 11.8. The Morgan fingerprint density at radius 1 is 1.20 bits per heavy atom. The van der Waals surface area contributed by atoms with Crippen LogP contribution in [0.4, 0.5) is 0 Å². The Hall–Kier alpha value is -2.65. The lowest BCUT2D eigenvalue weighted by Gasteiger charge is -2.00. The lowest BCUT2D eigenvalue weighted by molar-refractivity contribution is 0.391. The number of rotatable bonds is 5. The third-order valence-electron chi connectivity index (χ3n) is 3.58. The number of thioether (sulfide) groups is 1. The highest BCUT2D eigenvalue weighted by Gasteiger charge is 2.15. The molecule has 0 saturated heterocycles. The summed E-state index contributed by atoms with van der Waals surface area (Å²) in [7, 11) is 0. The molecule has 0 aliphatic carbocycles. The van der Waals surface area contributed by atoms with E-state index in [-0.39, 0.29) is 0 Å². The van der Waals surface area contributed by atoms with Gasteiger partial charge in [0.05, 0.1) is 10.6 Å². The molecule has 0 amide bonds. The maximum atomic E-state index is 6.09. The number of hydrogen-bond donors (Lipinski definition) is 1. The van der Waals surface area contributed by atoms with Crippen molar-refractivity contribution in [2.45, 2.75) is 17.8 Å². The van der Waals surface area contributed by atoms with E-state index in [1.54, 1.807) is 11.3 Å². The highest BCUT2D eigenvalue weighted by Crippen LogP contribution is 2.27. The molecule has 0 fully saturated rings. The van der Waals surface area contributed by atoms with Gasteiger partial charge < -0.3 is 10.4 Å². The molecule has 25 heavy (non-hydrogen) atoms. The molecule has 0 unspecified atom stereocenters. The van der Waals surface area contributed by atoms with Crippen molar-refractivity contribution in [2.75, 3.05) is 5.84 Å². The van der Waals surface area contributed by atoms with E-state index in [0.717, 1.165) is 16.0 Å². The van der Waals surface area contributed by atoms with Crippen molar-refractivity contribution in [3.05, 3.63) is 53.2 Å². The van der Waals surface area contributed by atoms with Crippen LogP contribution in [0, 0.1) is 6.92 Å². The van der Waals surface area contributed by atoms with Crippen LogP contribution in [-0.4, -0.2) is 25.0 Å². The van der Waals surface area contributed by atoms with Gasteiger partial charge >= 0.3 is 0 Å². The topological polar surface area (TPSA) is 95.7 Å². The van der Waals surface area contributed by atoms with Crippen molar-refractivity contribution in [3.63, 3.8) is 0 Å². The van der Waals surface area contributed by atoms with E-state index in [0.29, 0.717) is 28.4 Å². The smallest absolute Gasteiger partial charge is 0.237 e. The van der Waals surface area contributed by atoms with E-state index in [4.69, 9.17) is 10.4 Å². The number of aryl methyl sites for hydroxylation is 1. The maximum absolute atomic E-state index is 6.09. The van der Waals surface area contributed by atoms with Crippen molar-refractivity contribution in [2.24, 2.45) is 0 Å². The highest BCUT2D eigenvalue weighted by molar-refractivity contribution is 7.98. The highest BCUT2D eigenvalue weighted by atomic mass is 32.2. The lowest BCUT2D eigenvalue weighted by Crippen LogP contribution is -2.11. The van der Waals surface area contributed by atoms with E-state index in [2.05, 4.69) is 20.3 Å². The largest absolute Gasteiger partial charge is 0.338 e. The van der Waals surface area contributed by atoms with Crippen molar-refractivity contribution in [3.8, 4) is 22.1 Å². The number of hydrogen-bond acceptors (Lipinski definition) is 8. The molecular formula is C16H14N6OS2. The van der Waals surface area contributed by atoms with Gasteiger partial charge in [-0.05, 0) is 23.9 Å². The third-order valence-corrected chi connectivity index (χ3v) is 5.38. The van der Waals surface area contributed by atoms with Gasteiger partial charge in [0.15, 0.2) is 5.82 Å². The van der Waals surface area contributed by atoms with Crippen LogP contribution >= 0.6 is 23.1 Å². The van der Waals surface area contributed by atoms with Crippen molar-refractivity contribution < 1.29 is 4.52 Å². The minimum atomic E-state index is 0.471. The van der Waals surface area contributed by atoms with Crippen LogP contribution in [0.5, 0.6) is 0 Å². The average Bonchev–Trinajstić information content (AvgIpc) is 3.34. The van der Waals surface area contributed by atoms with E-state index in [1.165, 1.54) is 16.4 Å². The van der Waals surface area contributed by atoms with E-state index >= 15 is 0 Å². The fraction of sp³-hybridized carbons (Fsp3) is 0.125. The third kappa shape index (κ3) is 3.15. The van der Waals surface area contributed by atoms with Gasteiger partial charge in [-0.2, -0.15) is 4.98 Å². The summed E-state index contributed by atoms with van der Waals surface area (Å²) >= 11 is 2.97. The first-order valence-electron chi connectivity index (χ1n) is 7.48. The van der Waals surface area contributed by atoms with Crippen LogP contribution in [-0.2, 0) is 5.75 Å². The first-order valence-corrected chi connectivity index (χ1v) is 9.34. The summed E-state index contributed by atoms with van der Waals surface area (Å²) in [5.41, 5.74) is 2.06. The second kappa shape index (κ2) is 6.69. The van der Waals surface area contributed by atoms with Gasteiger partial charge in [-0.1, -0.05) is 47.3 Å². The number of aromatic nitrogens is 5. The van der Waals surface area contributed by atoms with E-state index < -0.39 is 0 Å². The Labute approximate surface area is 151 Å². The SMILES string of the molecule is Cc1ccccc1-c1noc(CSc2nnc(-c3cccs3)n2N)n1. The van der Waals surface area contributed by atoms with Gasteiger partial charge in [-0.25, -0.2) is 4.68 Å². The second-order valence-electron chi connectivity index (χ2n) is 5.27. The molecular weight excluding hydrogens is 356 g/mol. The predicted octanol–water partition coefficient (Wildman–Crippen LogP) is 3.37. The molecule has 1 aromatic carbocycles.